The van der Waals surface area contributed by atoms with Crippen LogP contribution in [-0.2, 0) is 0 Å². The largest absolute Gasteiger partial charge is 0.396 e. The molecular formula is C12H25NO. The van der Waals surface area contributed by atoms with Gasteiger partial charge in [-0.15, -0.1) is 0 Å². The van der Waals surface area contributed by atoms with Crippen LogP contribution in [0.4, 0.5) is 0 Å². The molecule has 1 rings (SSSR count). The lowest BCUT2D eigenvalue weighted by Gasteiger charge is -2.21. The van der Waals surface area contributed by atoms with Crippen molar-refractivity contribution >= 4 is 0 Å². The summed E-state index contributed by atoms with van der Waals surface area (Å²) in [5.41, 5.74) is 0. The lowest BCUT2D eigenvalue weighted by molar-refractivity contribution is 0.203. The van der Waals surface area contributed by atoms with E-state index in [1.54, 1.807) is 0 Å². The standard InChI is InChI=1S/C12H25NO/c1-3-5-10(2)8-13-12-7-4-6-11(12)9-14/h10-14H,3-9H2,1-2H3. The Balaban J connectivity index is 2.16. The van der Waals surface area contributed by atoms with Crippen molar-refractivity contribution in [1.29, 1.82) is 0 Å². The summed E-state index contributed by atoms with van der Waals surface area (Å²) in [6.07, 6.45) is 6.33. The van der Waals surface area contributed by atoms with Crippen LogP contribution >= 0.6 is 0 Å². The highest BCUT2D eigenvalue weighted by Crippen LogP contribution is 2.25. The number of hydrogen-bond acceptors (Lipinski definition) is 2. The Morgan fingerprint density at radius 3 is 2.86 bits per heavy atom. The molecule has 0 saturated heterocycles. The van der Waals surface area contributed by atoms with Crippen LogP contribution in [0.2, 0.25) is 0 Å². The van der Waals surface area contributed by atoms with Crippen LogP contribution < -0.4 is 5.32 Å². The van der Waals surface area contributed by atoms with E-state index in [1.165, 1.54) is 32.1 Å². The molecule has 3 atom stereocenters. The maximum Gasteiger partial charge on any atom is 0.0474 e. The average Bonchev–Trinajstić information content (AvgIpc) is 2.62. The second-order valence-corrected chi connectivity index (χ2v) is 4.78. The lowest BCUT2D eigenvalue weighted by atomic mass is 10.0. The summed E-state index contributed by atoms with van der Waals surface area (Å²) >= 11 is 0. The molecule has 0 bridgehead atoms. The summed E-state index contributed by atoms with van der Waals surface area (Å²) in [6.45, 7) is 6.02. The number of rotatable bonds is 6. The molecule has 0 aromatic rings. The molecule has 1 aliphatic carbocycles. The zero-order chi connectivity index (χ0) is 10.4. The van der Waals surface area contributed by atoms with Gasteiger partial charge < -0.3 is 10.4 Å². The Morgan fingerprint density at radius 2 is 2.21 bits per heavy atom. The third-order valence-electron chi connectivity index (χ3n) is 3.40. The monoisotopic (exact) mass is 199 g/mol. The van der Waals surface area contributed by atoms with Gasteiger partial charge in [0.05, 0.1) is 0 Å². The smallest absolute Gasteiger partial charge is 0.0474 e. The first-order valence-electron chi connectivity index (χ1n) is 6.12. The van der Waals surface area contributed by atoms with E-state index < -0.39 is 0 Å². The van der Waals surface area contributed by atoms with Crippen LogP contribution in [0.15, 0.2) is 0 Å². The van der Waals surface area contributed by atoms with Crippen LogP contribution in [0, 0.1) is 11.8 Å². The molecule has 0 amide bonds. The van der Waals surface area contributed by atoms with Crippen LogP contribution in [0.5, 0.6) is 0 Å². The van der Waals surface area contributed by atoms with E-state index in [0.717, 1.165) is 12.5 Å². The van der Waals surface area contributed by atoms with Crippen molar-refractivity contribution in [2.24, 2.45) is 11.8 Å². The van der Waals surface area contributed by atoms with E-state index >= 15 is 0 Å². The minimum atomic E-state index is 0.361. The van der Waals surface area contributed by atoms with Crippen LogP contribution in [-0.4, -0.2) is 24.3 Å². The van der Waals surface area contributed by atoms with Gasteiger partial charge >= 0.3 is 0 Å². The molecule has 0 aromatic heterocycles. The summed E-state index contributed by atoms with van der Waals surface area (Å²) in [6, 6.07) is 0.583. The van der Waals surface area contributed by atoms with Crippen molar-refractivity contribution < 1.29 is 5.11 Å². The minimum absolute atomic E-state index is 0.361. The Kier molecular flexibility index (Phi) is 5.49. The quantitative estimate of drug-likeness (QED) is 0.687. The van der Waals surface area contributed by atoms with Crippen molar-refractivity contribution in [2.45, 2.75) is 52.0 Å². The van der Waals surface area contributed by atoms with Gasteiger partial charge in [-0.2, -0.15) is 0 Å². The van der Waals surface area contributed by atoms with Gasteiger partial charge in [0.1, 0.15) is 0 Å². The first kappa shape index (κ1) is 12.0. The summed E-state index contributed by atoms with van der Waals surface area (Å²) < 4.78 is 0. The molecule has 0 aromatic carbocycles. The summed E-state index contributed by atoms with van der Waals surface area (Å²) in [7, 11) is 0. The molecule has 1 fully saturated rings. The van der Waals surface area contributed by atoms with Crippen LogP contribution in [0.1, 0.15) is 46.0 Å². The topological polar surface area (TPSA) is 32.3 Å². The molecule has 14 heavy (non-hydrogen) atoms. The van der Waals surface area contributed by atoms with E-state index in [4.69, 9.17) is 5.11 Å². The van der Waals surface area contributed by atoms with Gasteiger partial charge in [-0.3, -0.25) is 0 Å². The fraction of sp³-hybridized carbons (Fsp3) is 1.00. The molecule has 0 aliphatic heterocycles. The highest BCUT2D eigenvalue weighted by atomic mass is 16.3. The molecule has 2 nitrogen and oxygen atoms in total. The maximum atomic E-state index is 9.17. The Bertz CT molecular complexity index is 149. The highest BCUT2D eigenvalue weighted by Gasteiger charge is 2.25. The fourth-order valence-corrected chi connectivity index (χ4v) is 2.47. The molecule has 1 aliphatic rings. The number of aliphatic hydroxyl groups excluding tert-OH is 1. The van der Waals surface area contributed by atoms with Gasteiger partial charge in [-0.1, -0.05) is 26.7 Å². The fourth-order valence-electron chi connectivity index (χ4n) is 2.47. The first-order valence-corrected chi connectivity index (χ1v) is 6.12. The van der Waals surface area contributed by atoms with E-state index in [-0.39, 0.29) is 0 Å². The van der Waals surface area contributed by atoms with E-state index in [9.17, 15) is 0 Å². The number of aliphatic hydroxyl groups is 1. The second-order valence-electron chi connectivity index (χ2n) is 4.78. The molecule has 2 N–H and O–H groups in total. The zero-order valence-electron chi connectivity index (χ0n) is 9.63. The predicted molar refractivity (Wildman–Crippen MR) is 60.3 cm³/mol. The third kappa shape index (κ3) is 3.58. The molecular weight excluding hydrogens is 174 g/mol. The SMILES string of the molecule is CCCC(C)CNC1CCCC1CO. The van der Waals surface area contributed by atoms with Crippen LogP contribution in [0.25, 0.3) is 0 Å². The molecule has 0 heterocycles. The van der Waals surface area contributed by atoms with E-state index in [1.807, 2.05) is 0 Å². The Labute approximate surface area is 88.1 Å². The van der Waals surface area contributed by atoms with Crippen LogP contribution in [0.3, 0.4) is 0 Å². The molecule has 3 unspecified atom stereocenters. The number of hydrogen-bond donors (Lipinski definition) is 2. The van der Waals surface area contributed by atoms with E-state index in [0.29, 0.717) is 18.6 Å². The second kappa shape index (κ2) is 6.41. The first-order chi connectivity index (χ1) is 6.77. The lowest BCUT2D eigenvalue weighted by Crippen LogP contribution is -2.36. The maximum absolute atomic E-state index is 9.17. The molecule has 84 valence electrons. The summed E-state index contributed by atoms with van der Waals surface area (Å²) in [5.74, 6) is 1.30. The van der Waals surface area contributed by atoms with Crippen molar-refractivity contribution in [2.75, 3.05) is 13.2 Å². The van der Waals surface area contributed by atoms with Gasteiger partial charge in [0.2, 0.25) is 0 Å². The minimum Gasteiger partial charge on any atom is -0.396 e. The normalized spacial score (nSPS) is 29.4. The van der Waals surface area contributed by atoms with Crippen molar-refractivity contribution in [3.63, 3.8) is 0 Å². The van der Waals surface area contributed by atoms with E-state index in [2.05, 4.69) is 19.2 Å². The zero-order valence-corrected chi connectivity index (χ0v) is 9.63. The molecule has 2 heteroatoms. The van der Waals surface area contributed by atoms with Gasteiger partial charge in [-0.05, 0) is 37.6 Å². The predicted octanol–water partition coefficient (Wildman–Crippen LogP) is 2.17. The molecule has 1 saturated carbocycles. The van der Waals surface area contributed by atoms with Gasteiger partial charge in [0.15, 0.2) is 0 Å². The summed E-state index contributed by atoms with van der Waals surface area (Å²) in [4.78, 5) is 0. The number of nitrogens with one attached hydrogen (secondary N) is 1. The summed E-state index contributed by atoms with van der Waals surface area (Å²) in [5, 5.41) is 12.8. The third-order valence-corrected chi connectivity index (χ3v) is 3.40. The van der Waals surface area contributed by atoms with Crippen molar-refractivity contribution in [3.8, 4) is 0 Å². The Morgan fingerprint density at radius 1 is 1.43 bits per heavy atom. The Hall–Kier alpha value is -0.0800. The molecule has 0 spiro atoms. The van der Waals surface area contributed by atoms with Crippen molar-refractivity contribution in [3.05, 3.63) is 0 Å². The van der Waals surface area contributed by atoms with Gasteiger partial charge in [0.25, 0.3) is 0 Å². The average molecular weight is 199 g/mol. The van der Waals surface area contributed by atoms with Gasteiger partial charge in [-0.25, -0.2) is 0 Å². The van der Waals surface area contributed by atoms with Gasteiger partial charge in [0, 0.05) is 12.6 Å². The highest BCUT2D eigenvalue weighted by molar-refractivity contribution is 4.82. The van der Waals surface area contributed by atoms with Crippen molar-refractivity contribution in [1.82, 2.24) is 5.32 Å². The molecule has 0 radical (unpaired) electrons.